The van der Waals surface area contributed by atoms with Crippen molar-refractivity contribution in [2.24, 2.45) is 17.8 Å². The van der Waals surface area contributed by atoms with E-state index in [9.17, 15) is 9.59 Å². The summed E-state index contributed by atoms with van der Waals surface area (Å²) in [6, 6.07) is 0. The largest absolute Gasteiger partial charge is 0.496 e. The van der Waals surface area contributed by atoms with E-state index in [1.165, 1.54) is 12.8 Å². The molecule has 1 N–H and O–H groups in total. The van der Waals surface area contributed by atoms with E-state index in [1.54, 1.807) is 14.2 Å². The number of cyclic esters (lactones) is 1. The van der Waals surface area contributed by atoms with Gasteiger partial charge in [0.1, 0.15) is 23.7 Å². The van der Waals surface area contributed by atoms with E-state index in [0.717, 1.165) is 40.5 Å². The molecule has 1 aromatic carbocycles. The van der Waals surface area contributed by atoms with Crippen LogP contribution in [0.1, 0.15) is 59.7 Å². The SMILES string of the molecule is COc1c(C)c2c(c(OC)c1C/C=C(\C)CCC(=O)NC[C@H]1C[C@H]3C=C[C@@H]1C3)C(=O)OC2. The normalized spacial score (nSPS) is 23.3. The molecule has 1 saturated carbocycles. The summed E-state index contributed by atoms with van der Waals surface area (Å²) in [6.45, 7) is 5.00. The summed E-state index contributed by atoms with van der Waals surface area (Å²) in [5, 5.41) is 3.12. The fraction of sp³-hybridized carbons (Fsp3) is 0.538. The fourth-order valence-corrected chi connectivity index (χ4v) is 5.39. The zero-order valence-electron chi connectivity index (χ0n) is 19.5. The minimum atomic E-state index is -0.354. The molecule has 1 fully saturated rings. The number of esters is 1. The first kappa shape index (κ1) is 22.4. The van der Waals surface area contributed by atoms with Crippen molar-refractivity contribution < 1.29 is 23.8 Å². The Morgan fingerprint density at radius 3 is 2.62 bits per heavy atom. The van der Waals surface area contributed by atoms with Gasteiger partial charge < -0.3 is 19.5 Å². The van der Waals surface area contributed by atoms with Gasteiger partial charge in [-0.05, 0) is 62.8 Å². The van der Waals surface area contributed by atoms with Crippen molar-refractivity contribution in [3.8, 4) is 11.5 Å². The Balaban J connectivity index is 1.37. The number of methoxy groups -OCH3 is 2. The molecule has 2 bridgehead atoms. The summed E-state index contributed by atoms with van der Waals surface area (Å²) in [5.74, 6) is 2.97. The zero-order valence-corrected chi connectivity index (χ0v) is 19.5. The molecule has 172 valence electrons. The van der Waals surface area contributed by atoms with Crippen LogP contribution in [0.2, 0.25) is 0 Å². The average molecular weight is 440 g/mol. The highest BCUT2D eigenvalue weighted by molar-refractivity contribution is 5.98. The Labute approximate surface area is 190 Å². The maximum absolute atomic E-state index is 12.3. The molecule has 6 nitrogen and oxygen atoms in total. The van der Waals surface area contributed by atoms with Crippen LogP contribution in [0.15, 0.2) is 23.8 Å². The molecule has 0 spiro atoms. The first-order chi connectivity index (χ1) is 15.4. The summed E-state index contributed by atoms with van der Waals surface area (Å²) < 4.78 is 16.5. The molecular weight excluding hydrogens is 406 g/mol. The zero-order chi connectivity index (χ0) is 22.8. The summed E-state index contributed by atoms with van der Waals surface area (Å²) in [7, 11) is 3.19. The molecule has 4 rings (SSSR count). The van der Waals surface area contributed by atoms with Gasteiger partial charge in [0.15, 0.2) is 0 Å². The van der Waals surface area contributed by atoms with E-state index in [-0.39, 0.29) is 18.5 Å². The van der Waals surface area contributed by atoms with Crippen LogP contribution < -0.4 is 14.8 Å². The van der Waals surface area contributed by atoms with Gasteiger partial charge >= 0.3 is 5.97 Å². The molecule has 1 aliphatic heterocycles. The smallest absolute Gasteiger partial charge is 0.342 e. The third kappa shape index (κ3) is 4.27. The van der Waals surface area contributed by atoms with Crippen molar-refractivity contribution in [2.75, 3.05) is 20.8 Å². The second-order valence-corrected chi connectivity index (χ2v) is 9.20. The predicted molar refractivity (Wildman–Crippen MR) is 122 cm³/mol. The number of fused-ring (bicyclic) bond motifs is 3. The molecule has 0 saturated heterocycles. The van der Waals surface area contributed by atoms with Crippen LogP contribution in [0, 0.1) is 24.7 Å². The number of carbonyl (C=O) groups is 2. The summed E-state index contributed by atoms with van der Waals surface area (Å²) in [4.78, 5) is 24.6. The highest BCUT2D eigenvalue weighted by atomic mass is 16.5. The van der Waals surface area contributed by atoms with Crippen molar-refractivity contribution in [1.29, 1.82) is 0 Å². The number of hydrogen-bond donors (Lipinski definition) is 1. The van der Waals surface area contributed by atoms with Gasteiger partial charge in [-0.15, -0.1) is 0 Å². The number of allylic oxidation sites excluding steroid dienone is 4. The number of benzene rings is 1. The van der Waals surface area contributed by atoms with Crippen molar-refractivity contribution in [3.05, 3.63) is 46.1 Å². The van der Waals surface area contributed by atoms with Gasteiger partial charge in [0.05, 0.1) is 14.2 Å². The van der Waals surface area contributed by atoms with Gasteiger partial charge in [-0.2, -0.15) is 0 Å². The maximum atomic E-state index is 12.3. The molecule has 1 amide bonds. The quantitative estimate of drug-likeness (QED) is 0.459. The molecule has 0 unspecified atom stereocenters. The number of hydrogen-bond acceptors (Lipinski definition) is 5. The second kappa shape index (κ2) is 9.39. The van der Waals surface area contributed by atoms with Gasteiger partial charge in [-0.1, -0.05) is 23.8 Å². The Morgan fingerprint density at radius 1 is 1.19 bits per heavy atom. The third-order valence-electron chi connectivity index (χ3n) is 7.21. The van der Waals surface area contributed by atoms with Crippen LogP contribution in [0.5, 0.6) is 11.5 Å². The Bertz CT molecular complexity index is 977. The van der Waals surface area contributed by atoms with Gasteiger partial charge in [0, 0.05) is 24.1 Å². The number of nitrogens with one attached hydrogen (secondary N) is 1. The summed E-state index contributed by atoms with van der Waals surface area (Å²) in [5.41, 5.74) is 4.19. The lowest BCUT2D eigenvalue weighted by molar-refractivity contribution is -0.121. The van der Waals surface area contributed by atoms with E-state index in [0.29, 0.717) is 42.4 Å². The number of carbonyl (C=O) groups excluding carboxylic acids is 2. The molecular formula is C26H33NO5. The lowest BCUT2D eigenvalue weighted by Crippen LogP contribution is -2.30. The van der Waals surface area contributed by atoms with Crippen molar-refractivity contribution in [1.82, 2.24) is 5.32 Å². The van der Waals surface area contributed by atoms with Crippen LogP contribution in [0.25, 0.3) is 0 Å². The number of rotatable bonds is 9. The fourth-order valence-electron chi connectivity index (χ4n) is 5.39. The lowest BCUT2D eigenvalue weighted by Gasteiger charge is -2.18. The van der Waals surface area contributed by atoms with Crippen LogP contribution in [0.3, 0.4) is 0 Å². The van der Waals surface area contributed by atoms with Crippen molar-refractivity contribution in [2.45, 2.75) is 52.6 Å². The second-order valence-electron chi connectivity index (χ2n) is 9.20. The van der Waals surface area contributed by atoms with Gasteiger partial charge in [-0.25, -0.2) is 4.79 Å². The van der Waals surface area contributed by atoms with Crippen molar-refractivity contribution in [3.63, 3.8) is 0 Å². The minimum Gasteiger partial charge on any atom is -0.496 e. The highest BCUT2D eigenvalue weighted by Gasteiger charge is 2.35. The van der Waals surface area contributed by atoms with E-state index in [2.05, 4.69) is 23.5 Å². The molecule has 2 aliphatic carbocycles. The lowest BCUT2D eigenvalue weighted by atomic mass is 9.93. The van der Waals surface area contributed by atoms with E-state index in [1.807, 2.05) is 13.8 Å². The highest BCUT2D eigenvalue weighted by Crippen LogP contribution is 2.43. The monoisotopic (exact) mass is 439 g/mol. The number of amides is 1. The Kier molecular flexibility index (Phi) is 6.58. The van der Waals surface area contributed by atoms with Crippen LogP contribution in [-0.4, -0.2) is 32.6 Å². The predicted octanol–water partition coefficient (Wildman–Crippen LogP) is 4.28. The summed E-state index contributed by atoms with van der Waals surface area (Å²) >= 11 is 0. The third-order valence-corrected chi connectivity index (χ3v) is 7.21. The van der Waals surface area contributed by atoms with Crippen LogP contribution in [-0.2, 0) is 22.6 Å². The molecule has 6 heteroatoms. The van der Waals surface area contributed by atoms with Gasteiger partial charge in [0.2, 0.25) is 5.91 Å². The molecule has 0 radical (unpaired) electrons. The average Bonchev–Trinajstić information content (AvgIpc) is 3.51. The standard InChI is InChI=1S/C26H33NO5/c1-15(6-10-22(28)27-13-19-12-17-7-8-18(19)11-17)5-9-20-24(30-3)16(2)21-14-32-26(29)23(21)25(20)31-4/h5,7-8,17-19H,6,9-14H2,1-4H3,(H,27,28)/b15-5+/t17-,18+,19+/m0/s1. The van der Waals surface area contributed by atoms with Crippen LogP contribution >= 0.6 is 0 Å². The first-order valence-corrected chi connectivity index (χ1v) is 11.5. The van der Waals surface area contributed by atoms with Gasteiger partial charge in [0.25, 0.3) is 0 Å². The molecule has 3 aliphatic rings. The Hall–Kier alpha value is -2.76. The molecule has 32 heavy (non-hydrogen) atoms. The van der Waals surface area contributed by atoms with Gasteiger partial charge in [-0.3, -0.25) is 4.79 Å². The molecule has 0 aromatic heterocycles. The minimum absolute atomic E-state index is 0.107. The van der Waals surface area contributed by atoms with E-state index < -0.39 is 0 Å². The Morgan fingerprint density at radius 2 is 1.97 bits per heavy atom. The number of ether oxygens (including phenoxy) is 3. The summed E-state index contributed by atoms with van der Waals surface area (Å²) in [6.07, 6.45) is 10.9. The van der Waals surface area contributed by atoms with E-state index >= 15 is 0 Å². The van der Waals surface area contributed by atoms with Crippen LogP contribution in [0.4, 0.5) is 0 Å². The van der Waals surface area contributed by atoms with E-state index in [4.69, 9.17) is 14.2 Å². The maximum Gasteiger partial charge on any atom is 0.342 e. The molecule has 1 aromatic rings. The first-order valence-electron chi connectivity index (χ1n) is 11.5. The molecule has 1 heterocycles. The van der Waals surface area contributed by atoms with Crippen molar-refractivity contribution >= 4 is 11.9 Å². The molecule has 3 atom stereocenters. The topological polar surface area (TPSA) is 73.9 Å².